The van der Waals surface area contributed by atoms with Gasteiger partial charge in [0.1, 0.15) is 10.6 Å². The third kappa shape index (κ3) is 3.13. The normalized spacial score (nSPS) is 11.0. The van der Waals surface area contributed by atoms with Crippen molar-refractivity contribution in [2.45, 2.75) is 19.9 Å². The molecule has 24 heavy (non-hydrogen) atoms. The fraction of sp³-hybridized carbons (Fsp3) is 0.188. The van der Waals surface area contributed by atoms with Gasteiger partial charge < -0.3 is 10.6 Å². The third-order valence-electron chi connectivity index (χ3n) is 3.25. The third-order valence-corrected chi connectivity index (χ3v) is 4.29. The van der Waals surface area contributed by atoms with Crippen molar-refractivity contribution in [2.75, 3.05) is 5.32 Å². The lowest BCUT2D eigenvalue weighted by Crippen LogP contribution is -2.29. The zero-order valence-corrected chi connectivity index (χ0v) is 13.8. The second kappa shape index (κ2) is 6.40. The molecule has 0 aliphatic rings. The molecular weight excluding hydrogens is 331 g/mol. The van der Waals surface area contributed by atoms with Gasteiger partial charge in [0.05, 0.1) is 15.8 Å². The van der Waals surface area contributed by atoms with Crippen LogP contribution in [0.2, 0.25) is 0 Å². The smallest absolute Gasteiger partial charge is 0.261 e. The van der Waals surface area contributed by atoms with Crippen LogP contribution < -0.4 is 10.6 Å². The van der Waals surface area contributed by atoms with Gasteiger partial charge >= 0.3 is 0 Å². The molecule has 0 aliphatic heterocycles. The Morgan fingerprint density at radius 3 is 2.71 bits per heavy atom. The molecule has 0 saturated carbocycles. The highest BCUT2D eigenvalue weighted by molar-refractivity contribution is 7.20. The van der Waals surface area contributed by atoms with Gasteiger partial charge in [-0.3, -0.25) is 14.7 Å². The van der Waals surface area contributed by atoms with Crippen molar-refractivity contribution in [3.8, 4) is 0 Å². The van der Waals surface area contributed by atoms with Crippen LogP contribution >= 0.6 is 11.3 Å². The van der Waals surface area contributed by atoms with Gasteiger partial charge in [-0.15, -0.1) is 11.3 Å². The summed E-state index contributed by atoms with van der Waals surface area (Å²) in [4.78, 5) is 25.4. The highest BCUT2D eigenvalue weighted by Gasteiger charge is 2.18. The van der Waals surface area contributed by atoms with Crippen molar-refractivity contribution in [1.82, 2.24) is 15.5 Å². The number of thiophene rings is 1. The average Bonchev–Trinajstić information content (AvgIpc) is 3.09. The van der Waals surface area contributed by atoms with Crippen LogP contribution in [0.4, 0.5) is 10.2 Å². The molecule has 0 unspecified atom stereocenters. The van der Waals surface area contributed by atoms with E-state index in [1.807, 2.05) is 13.8 Å². The van der Waals surface area contributed by atoms with Crippen molar-refractivity contribution in [3.05, 3.63) is 46.6 Å². The molecule has 0 spiro atoms. The molecule has 3 aromatic rings. The molecule has 0 bridgehead atoms. The maximum absolute atomic E-state index is 13.7. The molecule has 2 amide bonds. The lowest BCUT2D eigenvalue weighted by atomic mass is 10.2. The second-order valence-corrected chi connectivity index (χ2v) is 6.54. The number of carbonyl (C=O) groups is 2. The van der Waals surface area contributed by atoms with E-state index in [0.717, 1.165) is 0 Å². The predicted octanol–water partition coefficient (Wildman–Crippen LogP) is 3.15. The molecule has 3 rings (SSSR count). The summed E-state index contributed by atoms with van der Waals surface area (Å²) >= 11 is 1.24. The highest BCUT2D eigenvalue weighted by Crippen LogP contribution is 2.29. The Morgan fingerprint density at radius 1 is 1.25 bits per heavy atom. The number of rotatable bonds is 4. The standard InChI is InChI=1S/C16H15FN4O2S/c1-8(2)18-15(23)12-7-10-13(20-21-16(10)24-12)19-14(22)9-5-3-4-6-11(9)17/h3-8H,1-2H3,(H,18,23)(H2,19,20,21,22). The largest absolute Gasteiger partial charge is 0.349 e. The van der Waals surface area contributed by atoms with Crippen molar-refractivity contribution in [2.24, 2.45) is 0 Å². The summed E-state index contributed by atoms with van der Waals surface area (Å²) in [6.45, 7) is 3.75. The number of hydrogen-bond acceptors (Lipinski definition) is 4. The Balaban J connectivity index is 1.85. The first-order valence-electron chi connectivity index (χ1n) is 7.30. The number of fused-ring (bicyclic) bond motifs is 1. The Kier molecular flexibility index (Phi) is 4.30. The highest BCUT2D eigenvalue weighted by atomic mass is 32.1. The van der Waals surface area contributed by atoms with Crippen LogP contribution in [0, 0.1) is 5.82 Å². The molecule has 0 radical (unpaired) electrons. The van der Waals surface area contributed by atoms with Gasteiger partial charge in [0.25, 0.3) is 11.8 Å². The predicted molar refractivity (Wildman–Crippen MR) is 90.9 cm³/mol. The molecule has 2 aromatic heterocycles. The number of amides is 2. The quantitative estimate of drug-likeness (QED) is 0.678. The molecule has 0 atom stereocenters. The first kappa shape index (κ1) is 16.1. The van der Waals surface area contributed by atoms with Gasteiger partial charge in [-0.1, -0.05) is 12.1 Å². The summed E-state index contributed by atoms with van der Waals surface area (Å²) < 4.78 is 13.7. The maximum Gasteiger partial charge on any atom is 0.261 e. The summed E-state index contributed by atoms with van der Waals surface area (Å²) in [6, 6.07) is 7.38. The second-order valence-electron chi connectivity index (χ2n) is 5.49. The van der Waals surface area contributed by atoms with E-state index in [-0.39, 0.29) is 23.3 Å². The molecule has 0 aliphatic carbocycles. The number of anilines is 1. The average molecular weight is 346 g/mol. The molecule has 8 heteroatoms. The molecule has 6 nitrogen and oxygen atoms in total. The van der Waals surface area contributed by atoms with E-state index in [1.54, 1.807) is 12.1 Å². The lowest BCUT2D eigenvalue weighted by Gasteiger charge is -2.05. The van der Waals surface area contributed by atoms with Gasteiger partial charge in [0.2, 0.25) is 0 Å². The molecule has 0 fully saturated rings. The fourth-order valence-corrected chi connectivity index (χ4v) is 3.08. The van der Waals surface area contributed by atoms with Gasteiger partial charge in [-0.05, 0) is 32.0 Å². The van der Waals surface area contributed by atoms with E-state index in [2.05, 4.69) is 20.8 Å². The number of H-pyrrole nitrogens is 1. The summed E-state index contributed by atoms with van der Waals surface area (Å²) in [5, 5.41) is 12.8. The monoisotopic (exact) mass is 346 g/mol. The molecule has 1 aromatic carbocycles. The molecule has 124 valence electrons. The van der Waals surface area contributed by atoms with Gasteiger partial charge in [-0.2, -0.15) is 5.10 Å². The molecule has 0 saturated heterocycles. The van der Waals surface area contributed by atoms with Crippen LogP contribution in [0.15, 0.2) is 30.3 Å². The Morgan fingerprint density at radius 2 is 2.00 bits per heavy atom. The number of nitrogens with zero attached hydrogens (tertiary/aromatic N) is 1. The topological polar surface area (TPSA) is 86.9 Å². The van der Waals surface area contributed by atoms with Gasteiger partial charge in [0.15, 0.2) is 5.82 Å². The summed E-state index contributed by atoms with van der Waals surface area (Å²) in [5.74, 6) is -1.13. The van der Waals surface area contributed by atoms with Crippen molar-refractivity contribution < 1.29 is 14.0 Å². The summed E-state index contributed by atoms with van der Waals surface area (Å²) in [6.07, 6.45) is 0. The van der Waals surface area contributed by atoms with Crippen molar-refractivity contribution >= 4 is 39.2 Å². The Labute approximate surface area is 141 Å². The van der Waals surface area contributed by atoms with E-state index in [0.29, 0.717) is 15.1 Å². The zero-order valence-electron chi connectivity index (χ0n) is 13.0. The van der Waals surface area contributed by atoms with Crippen LogP contribution in [0.3, 0.4) is 0 Å². The van der Waals surface area contributed by atoms with Crippen LogP contribution in [0.5, 0.6) is 0 Å². The lowest BCUT2D eigenvalue weighted by molar-refractivity contribution is 0.0946. The number of hydrogen-bond donors (Lipinski definition) is 3. The number of carbonyl (C=O) groups excluding carboxylic acids is 2. The number of nitrogens with one attached hydrogen (secondary N) is 3. The van der Waals surface area contributed by atoms with E-state index >= 15 is 0 Å². The van der Waals surface area contributed by atoms with Crippen LogP contribution in [0.1, 0.15) is 33.9 Å². The van der Waals surface area contributed by atoms with Gasteiger partial charge in [0, 0.05) is 6.04 Å². The minimum absolute atomic E-state index is 0.0243. The van der Waals surface area contributed by atoms with Crippen LogP contribution in [-0.2, 0) is 0 Å². The zero-order chi connectivity index (χ0) is 17.3. The first-order chi connectivity index (χ1) is 11.5. The molecule has 3 N–H and O–H groups in total. The van der Waals surface area contributed by atoms with Crippen LogP contribution in [-0.4, -0.2) is 28.1 Å². The van der Waals surface area contributed by atoms with E-state index < -0.39 is 11.7 Å². The summed E-state index contributed by atoms with van der Waals surface area (Å²) in [5.41, 5.74) is -0.0679. The van der Waals surface area contributed by atoms with Gasteiger partial charge in [-0.25, -0.2) is 4.39 Å². The number of halogens is 1. The molecular formula is C16H15FN4O2S. The first-order valence-corrected chi connectivity index (χ1v) is 8.12. The summed E-state index contributed by atoms with van der Waals surface area (Å²) in [7, 11) is 0. The minimum Gasteiger partial charge on any atom is -0.349 e. The van der Waals surface area contributed by atoms with E-state index in [1.165, 1.54) is 29.5 Å². The minimum atomic E-state index is -0.607. The Hall–Kier alpha value is -2.74. The number of aromatic amines is 1. The SMILES string of the molecule is CC(C)NC(=O)c1cc2c(NC(=O)c3ccccc3F)n[nH]c2s1. The van der Waals surface area contributed by atoms with Crippen LogP contribution in [0.25, 0.3) is 10.2 Å². The fourth-order valence-electron chi connectivity index (χ4n) is 2.18. The van der Waals surface area contributed by atoms with Crippen molar-refractivity contribution in [3.63, 3.8) is 0 Å². The number of benzene rings is 1. The maximum atomic E-state index is 13.7. The Bertz CT molecular complexity index is 916. The number of aromatic nitrogens is 2. The van der Waals surface area contributed by atoms with E-state index in [4.69, 9.17) is 0 Å². The molecule has 2 heterocycles. The van der Waals surface area contributed by atoms with E-state index in [9.17, 15) is 14.0 Å². The van der Waals surface area contributed by atoms with Crippen molar-refractivity contribution in [1.29, 1.82) is 0 Å².